The number of nitrogens with zero attached hydrogens (tertiary/aromatic N) is 2. The first-order chi connectivity index (χ1) is 19.1. The third-order valence-electron chi connectivity index (χ3n) is 6.12. The maximum absolute atomic E-state index is 14.0. The second-order valence-corrected chi connectivity index (χ2v) is 11.7. The van der Waals surface area contributed by atoms with Crippen LogP contribution < -0.4 is 14.4 Å². The van der Waals surface area contributed by atoms with Gasteiger partial charge < -0.3 is 15.0 Å². The molecule has 11 heteroatoms. The van der Waals surface area contributed by atoms with Crippen molar-refractivity contribution in [1.29, 1.82) is 0 Å². The molecule has 3 aromatic carbocycles. The molecule has 3 aromatic rings. The molecule has 0 heterocycles. The van der Waals surface area contributed by atoms with E-state index in [2.05, 4.69) is 5.32 Å². The van der Waals surface area contributed by atoms with Crippen molar-refractivity contribution >= 4 is 50.7 Å². The molecule has 8 nitrogen and oxygen atoms in total. The van der Waals surface area contributed by atoms with Gasteiger partial charge in [-0.3, -0.25) is 13.9 Å². The molecule has 0 aliphatic rings. The van der Waals surface area contributed by atoms with Crippen LogP contribution in [-0.4, -0.2) is 50.9 Å². The number of amides is 2. The van der Waals surface area contributed by atoms with E-state index in [0.717, 1.165) is 4.31 Å². The Morgan fingerprint density at radius 1 is 0.975 bits per heavy atom. The first kappa shape index (κ1) is 31.3. The molecular formula is C29H33Cl2N3O5S. The van der Waals surface area contributed by atoms with Crippen LogP contribution in [0, 0.1) is 0 Å². The lowest BCUT2D eigenvalue weighted by atomic mass is 10.1. The number of carbonyl (C=O) groups is 2. The van der Waals surface area contributed by atoms with E-state index in [1.54, 1.807) is 74.5 Å². The average molecular weight is 607 g/mol. The minimum Gasteiger partial charge on any atom is -0.492 e. The van der Waals surface area contributed by atoms with Crippen molar-refractivity contribution in [3.8, 4) is 5.75 Å². The van der Waals surface area contributed by atoms with Crippen molar-refractivity contribution in [1.82, 2.24) is 10.2 Å². The number of hydrogen-bond acceptors (Lipinski definition) is 5. The Kier molecular flexibility index (Phi) is 11.2. The third-order valence-corrected chi connectivity index (χ3v) is 8.48. The summed E-state index contributed by atoms with van der Waals surface area (Å²) in [6.07, 6.45) is 0.715. The number of rotatable bonds is 13. The van der Waals surface area contributed by atoms with Crippen LogP contribution >= 0.6 is 23.2 Å². The molecular weight excluding hydrogens is 573 g/mol. The number of sulfonamides is 1. The average Bonchev–Trinajstić information content (AvgIpc) is 2.94. The number of ether oxygens (including phenoxy) is 1. The second-order valence-electron chi connectivity index (χ2n) is 8.95. The van der Waals surface area contributed by atoms with Crippen molar-refractivity contribution in [3.05, 3.63) is 88.4 Å². The monoisotopic (exact) mass is 605 g/mol. The Labute approximate surface area is 245 Å². The van der Waals surface area contributed by atoms with E-state index in [0.29, 0.717) is 40.9 Å². The molecule has 1 N–H and O–H groups in total. The van der Waals surface area contributed by atoms with Crippen molar-refractivity contribution in [2.75, 3.05) is 24.0 Å². The standard InChI is InChI=1S/C29H33Cl2N3O5S/c1-4-17-32-29(36)21(3)33(19-22-15-16-23(30)18-25(22)31)28(35)20-34(26-13-9-10-14-27(26)39-5-2)40(37,38)24-11-7-6-8-12-24/h6-16,18,21H,4-5,17,19-20H2,1-3H3,(H,32,36)/t21-/m0/s1. The number of carbonyl (C=O) groups excluding carboxylic acids is 2. The van der Waals surface area contributed by atoms with Gasteiger partial charge in [0.2, 0.25) is 11.8 Å². The predicted molar refractivity (Wildman–Crippen MR) is 158 cm³/mol. The number of hydrogen-bond donors (Lipinski definition) is 1. The van der Waals surface area contributed by atoms with Crippen LogP contribution in [0.5, 0.6) is 5.75 Å². The quantitative estimate of drug-likeness (QED) is 0.276. The summed E-state index contributed by atoms with van der Waals surface area (Å²) in [6, 6.07) is 18.4. The van der Waals surface area contributed by atoms with E-state index in [-0.39, 0.29) is 23.0 Å². The van der Waals surface area contributed by atoms with Crippen molar-refractivity contribution in [2.45, 2.75) is 44.7 Å². The van der Waals surface area contributed by atoms with Crippen LogP contribution in [-0.2, 0) is 26.2 Å². The first-order valence-electron chi connectivity index (χ1n) is 12.9. The summed E-state index contributed by atoms with van der Waals surface area (Å²) in [6.45, 7) is 5.40. The van der Waals surface area contributed by atoms with E-state index < -0.39 is 28.5 Å². The fourth-order valence-corrected chi connectivity index (χ4v) is 5.90. The molecule has 0 saturated carbocycles. The lowest BCUT2D eigenvalue weighted by Gasteiger charge is -2.32. The minimum absolute atomic E-state index is 0.00938. The Balaban J connectivity index is 2.08. The molecule has 1 atom stereocenters. The predicted octanol–water partition coefficient (Wildman–Crippen LogP) is 5.53. The van der Waals surface area contributed by atoms with Crippen LogP contribution in [0.15, 0.2) is 77.7 Å². The summed E-state index contributed by atoms with van der Waals surface area (Å²) in [5.74, 6) is -0.665. The lowest BCUT2D eigenvalue weighted by Crippen LogP contribution is -2.51. The third kappa shape index (κ3) is 7.68. The molecule has 0 fully saturated rings. The van der Waals surface area contributed by atoms with Crippen LogP contribution in [0.25, 0.3) is 0 Å². The number of benzene rings is 3. The number of anilines is 1. The van der Waals surface area contributed by atoms with Crippen molar-refractivity contribution in [3.63, 3.8) is 0 Å². The van der Waals surface area contributed by atoms with Gasteiger partial charge in [0.15, 0.2) is 0 Å². The Bertz CT molecular complexity index is 1420. The van der Waals surface area contributed by atoms with E-state index in [1.807, 2.05) is 6.92 Å². The van der Waals surface area contributed by atoms with Crippen LogP contribution in [0.4, 0.5) is 5.69 Å². The molecule has 0 bridgehead atoms. The zero-order valence-electron chi connectivity index (χ0n) is 22.6. The lowest BCUT2D eigenvalue weighted by molar-refractivity contribution is -0.139. The van der Waals surface area contributed by atoms with E-state index in [4.69, 9.17) is 27.9 Å². The summed E-state index contributed by atoms with van der Waals surface area (Å²) in [5, 5.41) is 3.55. The van der Waals surface area contributed by atoms with Gasteiger partial charge in [0, 0.05) is 23.1 Å². The molecule has 214 valence electrons. The van der Waals surface area contributed by atoms with Gasteiger partial charge in [-0.25, -0.2) is 8.42 Å². The van der Waals surface area contributed by atoms with Gasteiger partial charge in [-0.1, -0.05) is 66.5 Å². The molecule has 0 aliphatic carbocycles. The maximum atomic E-state index is 14.0. The van der Waals surface area contributed by atoms with Gasteiger partial charge in [0.05, 0.1) is 17.2 Å². The summed E-state index contributed by atoms with van der Waals surface area (Å²) in [7, 11) is -4.21. The summed E-state index contributed by atoms with van der Waals surface area (Å²) >= 11 is 12.5. The minimum atomic E-state index is -4.21. The highest BCUT2D eigenvalue weighted by Crippen LogP contribution is 2.33. The fourth-order valence-electron chi connectivity index (χ4n) is 3.99. The normalized spacial score (nSPS) is 11.9. The number of nitrogens with one attached hydrogen (secondary N) is 1. The number of halogens is 2. The summed E-state index contributed by atoms with van der Waals surface area (Å²) < 4.78 is 34.6. The highest BCUT2D eigenvalue weighted by Gasteiger charge is 2.34. The maximum Gasteiger partial charge on any atom is 0.264 e. The Morgan fingerprint density at radius 2 is 1.65 bits per heavy atom. The zero-order valence-corrected chi connectivity index (χ0v) is 25.0. The van der Waals surface area contributed by atoms with Gasteiger partial charge >= 0.3 is 0 Å². The Morgan fingerprint density at radius 3 is 2.30 bits per heavy atom. The highest BCUT2D eigenvalue weighted by atomic mass is 35.5. The van der Waals surface area contributed by atoms with Gasteiger partial charge in [-0.15, -0.1) is 0 Å². The van der Waals surface area contributed by atoms with E-state index in [1.165, 1.54) is 17.0 Å². The van der Waals surface area contributed by atoms with Gasteiger partial charge in [-0.2, -0.15) is 0 Å². The highest BCUT2D eigenvalue weighted by molar-refractivity contribution is 7.92. The molecule has 0 radical (unpaired) electrons. The summed E-state index contributed by atoms with van der Waals surface area (Å²) in [4.78, 5) is 28.3. The molecule has 0 aliphatic heterocycles. The molecule has 0 saturated heterocycles. The molecule has 0 aromatic heterocycles. The molecule has 40 heavy (non-hydrogen) atoms. The molecule has 3 rings (SSSR count). The van der Waals surface area contributed by atoms with E-state index in [9.17, 15) is 18.0 Å². The first-order valence-corrected chi connectivity index (χ1v) is 15.1. The largest absolute Gasteiger partial charge is 0.492 e. The van der Waals surface area contributed by atoms with Crippen LogP contribution in [0.3, 0.4) is 0 Å². The smallest absolute Gasteiger partial charge is 0.264 e. The topological polar surface area (TPSA) is 96.0 Å². The van der Waals surface area contributed by atoms with Crippen molar-refractivity contribution < 1.29 is 22.7 Å². The molecule has 0 unspecified atom stereocenters. The molecule has 2 amide bonds. The zero-order chi connectivity index (χ0) is 29.3. The van der Waals surface area contributed by atoms with Crippen LogP contribution in [0.2, 0.25) is 10.0 Å². The SMILES string of the molecule is CCCNC(=O)[C@H](C)N(Cc1ccc(Cl)cc1Cl)C(=O)CN(c1ccccc1OCC)S(=O)(=O)c1ccccc1. The Hall–Kier alpha value is -3.27. The van der Waals surface area contributed by atoms with Gasteiger partial charge in [0.25, 0.3) is 10.0 Å². The fraction of sp³-hybridized carbons (Fsp3) is 0.310. The molecule has 0 spiro atoms. The van der Waals surface area contributed by atoms with Crippen LogP contribution in [0.1, 0.15) is 32.8 Å². The number of para-hydroxylation sites is 2. The second kappa shape index (κ2) is 14.4. The van der Waals surface area contributed by atoms with Crippen molar-refractivity contribution in [2.24, 2.45) is 0 Å². The van der Waals surface area contributed by atoms with E-state index >= 15 is 0 Å². The van der Waals surface area contributed by atoms with Gasteiger partial charge in [-0.05, 0) is 62.2 Å². The summed E-state index contributed by atoms with van der Waals surface area (Å²) in [5.41, 5.74) is 0.760. The van der Waals surface area contributed by atoms with Gasteiger partial charge in [0.1, 0.15) is 18.3 Å².